The summed E-state index contributed by atoms with van der Waals surface area (Å²) in [5, 5.41) is 0. The maximum absolute atomic E-state index is 11.7. The SMILES string of the molecule is COC(=O)[C@@H]1[C@@H](OC(C)=O)CCN1C(C)C. The largest absolute Gasteiger partial charge is 0.468 e. The highest BCUT2D eigenvalue weighted by Crippen LogP contribution is 2.24. The second-order valence-corrected chi connectivity index (χ2v) is 4.24. The van der Waals surface area contributed by atoms with Crippen molar-refractivity contribution < 1.29 is 19.1 Å². The molecule has 16 heavy (non-hydrogen) atoms. The van der Waals surface area contributed by atoms with Crippen LogP contribution in [0.15, 0.2) is 0 Å². The molecule has 0 amide bonds. The normalized spacial score (nSPS) is 25.8. The first-order valence-electron chi connectivity index (χ1n) is 5.48. The van der Waals surface area contributed by atoms with Crippen LogP contribution in [0.1, 0.15) is 27.2 Å². The van der Waals surface area contributed by atoms with Crippen LogP contribution in [0, 0.1) is 0 Å². The van der Waals surface area contributed by atoms with Crippen LogP contribution in [0.3, 0.4) is 0 Å². The number of hydrogen-bond donors (Lipinski definition) is 0. The highest BCUT2D eigenvalue weighted by atomic mass is 16.6. The van der Waals surface area contributed by atoms with E-state index < -0.39 is 6.04 Å². The third kappa shape index (κ3) is 2.72. The molecule has 0 radical (unpaired) electrons. The Morgan fingerprint density at radius 2 is 2.00 bits per heavy atom. The molecular formula is C11H19NO4. The molecule has 0 aromatic heterocycles. The van der Waals surface area contributed by atoms with Gasteiger partial charge in [-0.2, -0.15) is 0 Å². The molecule has 0 unspecified atom stereocenters. The van der Waals surface area contributed by atoms with E-state index in [-0.39, 0.29) is 24.1 Å². The first-order valence-corrected chi connectivity index (χ1v) is 5.48. The zero-order valence-corrected chi connectivity index (χ0v) is 10.2. The lowest BCUT2D eigenvalue weighted by Crippen LogP contribution is -2.46. The lowest BCUT2D eigenvalue weighted by Gasteiger charge is -2.28. The maximum atomic E-state index is 11.7. The fraction of sp³-hybridized carbons (Fsp3) is 0.818. The minimum Gasteiger partial charge on any atom is -0.468 e. The molecule has 0 aromatic rings. The zero-order valence-electron chi connectivity index (χ0n) is 10.2. The molecule has 0 N–H and O–H groups in total. The van der Waals surface area contributed by atoms with Gasteiger partial charge in [0.2, 0.25) is 0 Å². The van der Waals surface area contributed by atoms with Gasteiger partial charge in [0, 0.05) is 19.5 Å². The van der Waals surface area contributed by atoms with Gasteiger partial charge in [0.1, 0.15) is 12.1 Å². The highest BCUT2D eigenvalue weighted by molar-refractivity contribution is 5.77. The molecule has 5 heteroatoms. The monoisotopic (exact) mass is 229 g/mol. The Kier molecular flexibility index (Phi) is 4.29. The molecule has 5 nitrogen and oxygen atoms in total. The summed E-state index contributed by atoms with van der Waals surface area (Å²) in [6.45, 7) is 6.11. The molecule has 0 spiro atoms. The van der Waals surface area contributed by atoms with Crippen LogP contribution in [-0.2, 0) is 19.1 Å². The van der Waals surface area contributed by atoms with Gasteiger partial charge in [0.05, 0.1) is 7.11 Å². The van der Waals surface area contributed by atoms with Gasteiger partial charge in [0.15, 0.2) is 0 Å². The Hall–Kier alpha value is -1.10. The van der Waals surface area contributed by atoms with Gasteiger partial charge in [0.25, 0.3) is 0 Å². The van der Waals surface area contributed by atoms with Crippen LogP contribution in [0.5, 0.6) is 0 Å². The third-order valence-corrected chi connectivity index (χ3v) is 2.80. The van der Waals surface area contributed by atoms with Crippen LogP contribution in [0.2, 0.25) is 0 Å². The summed E-state index contributed by atoms with van der Waals surface area (Å²) in [7, 11) is 1.35. The number of esters is 2. The van der Waals surface area contributed by atoms with Gasteiger partial charge in [-0.25, -0.2) is 0 Å². The first kappa shape index (κ1) is 13.0. The molecule has 0 aliphatic carbocycles. The van der Waals surface area contributed by atoms with Crippen molar-refractivity contribution in [2.45, 2.75) is 45.4 Å². The Balaban J connectivity index is 2.79. The third-order valence-electron chi connectivity index (χ3n) is 2.80. The van der Waals surface area contributed by atoms with Crippen molar-refractivity contribution in [2.75, 3.05) is 13.7 Å². The summed E-state index contributed by atoms with van der Waals surface area (Å²) < 4.78 is 9.90. The van der Waals surface area contributed by atoms with E-state index in [1.165, 1.54) is 14.0 Å². The number of methoxy groups -OCH3 is 1. The number of likely N-dealkylation sites (tertiary alicyclic amines) is 1. The number of carbonyl (C=O) groups excluding carboxylic acids is 2. The zero-order chi connectivity index (χ0) is 12.3. The molecule has 92 valence electrons. The van der Waals surface area contributed by atoms with E-state index in [2.05, 4.69) is 0 Å². The average Bonchev–Trinajstić information content (AvgIpc) is 2.59. The van der Waals surface area contributed by atoms with Crippen LogP contribution in [0.4, 0.5) is 0 Å². The summed E-state index contributed by atoms with van der Waals surface area (Å²) >= 11 is 0. The van der Waals surface area contributed by atoms with Crippen LogP contribution >= 0.6 is 0 Å². The number of nitrogens with zero attached hydrogens (tertiary/aromatic N) is 1. The van der Waals surface area contributed by atoms with E-state index in [0.717, 1.165) is 6.54 Å². The Labute approximate surface area is 95.7 Å². The topological polar surface area (TPSA) is 55.8 Å². The summed E-state index contributed by atoms with van der Waals surface area (Å²) in [5.41, 5.74) is 0. The number of hydrogen-bond acceptors (Lipinski definition) is 5. The van der Waals surface area contributed by atoms with Crippen LogP contribution < -0.4 is 0 Å². The highest BCUT2D eigenvalue weighted by Gasteiger charge is 2.43. The molecule has 2 atom stereocenters. The Bertz CT molecular complexity index is 277. The fourth-order valence-electron chi connectivity index (χ4n) is 2.11. The molecule has 0 aromatic carbocycles. The van der Waals surface area contributed by atoms with E-state index >= 15 is 0 Å². The lowest BCUT2D eigenvalue weighted by atomic mass is 10.1. The number of carbonyl (C=O) groups is 2. The lowest BCUT2D eigenvalue weighted by molar-refractivity contribution is -0.157. The van der Waals surface area contributed by atoms with E-state index in [4.69, 9.17) is 9.47 Å². The molecule has 1 saturated heterocycles. The Morgan fingerprint density at radius 3 is 2.44 bits per heavy atom. The van der Waals surface area contributed by atoms with Gasteiger partial charge in [-0.15, -0.1) is 0 Å². The molecule has 0 saturated carbocycles. The second kappa shape index (κ2) is 5.30. The van der Waals surface area contributed by atoms with Crippen molar-refractivity contribution in [3.05, 3.63) is 0 Å². The van der Waals surface area contributed by atoms with Crippen molar-refractivity contribution in [1.82, 2.24) is 4.90 Å². The first-order chi connectivity index (χ1) is 7.47. The van der Waals surface area contributed by atoms with Gasteiger partial charge in [-0.1, -0.05) is 0 Å². The molecule has 1 rings (SSSR count). The molecule has 0 bridgehead atoms. The van der Waals surface area contributed by atoms with E-state index in [1.807, 2.05) is 18.7 Å². The number of rotatable bonds is 3. The summed E-state index contributed by atoms with van der Waals surface area (Å²) in [6.07, 6.45) is 0.296. The van der Waals surface area contributed by atoms with Crippen molar-refractivity contribution in [3.8, 4) is 0 Å². The quantitative estimate of drug-likeness (QED) is 0.662. The standard InChI is InChI=1S/C11H19NO4/c1-7(2)12-6-5-9(16-8(3)13)10(12)11(14)15-4/h7,9-10H,5-6H2,1-4H3/t9-,10-/m0/s1. The molecule has 1 fully saturated rings. The van der Waals surface area contributed by atoms with Gasteiger partial charge in [-0.3, -0.25) is 14.5 Å². The predicted octanol–water partition coefficient (Wildman–Crippen LogP) is 0.574. The van der Waals surface area contributed by atoms with Crippen LogP contribution in [-0.4, -0.2) is 48.7 Å². The van der Waals surface area contributed by atoms with Gasteiger partial charge >= 0.3 is 11.9 Å². The maximum Gasteiger partial charge on any atom is 0.326 e. The second-order valence-electron chi connectivity index (χ2n) is 4.24. The van der Waals surface area contributed by atoms with Gasteiger partial charge in [-0.05, 0) is 20.3 Å². The smallest absolute Gasteiger partial charge is 0.326 e. The van der Waals surface area contributed by atoms with E-state index in [0.29, 0.717) is 6.42 Å². The van der Waals surface area contributed by atoms with Crippen molar-refractivity contribution >= 4 is 11.9 Å². The minimum absolute atomic E-state index is 0.227. The molecule has 1 aliphatic rings. The van der Waals surface area contributed by atoms with Crippen molar-refractivity contribution in [1.29, 1.82) is 0 Å². The average molecular weight is 229 g/mol. The van der Waals surface area contributed by atoms with Crippen LogP contribution in [0.25, 0.3) is 0 Å². The van der Waals surface area contributed by atoms with Gasteiger partial charge < -0.3 is 9.47 Å². The predicted molar refractivity (Wildman–Crippen MR) is 57.8 cm³/mol. The molecule has 1 aliphatic heterocycles. The number of ether oxygens (including phenoxy) is 2. The molecule has 1 heterocycles. The summed E-state index contributed by atoms with van der Waals surface area (Å²) in [4.78, 5) is 24.6. The molecular weight excluding hydrogens is 210 g/mol. The van der Waals surface area contributed by atoms with E-state index in [1.54, 1.807) is 0 Å². The van der Waals surface area contributed by atoms with Crippen molar-refractivity contribution in [3.63, 3.8) is 0 Å². The van der Waals surface area contributed by atoms with Crippen molar-refractivity contribution in [2.24, 2.45) is 0 Å². The summed E-state index contributed by atoms with van der Waals surface area (Å²) in [5.74, 6) is -0.693. The Morgan fingerprint density at radius 1 is 1.38 bits per heavy atom. The van der Waals surface area contributed by atoms with E-state index in [9.17, 15) is 9.59 Å². The fourth-order valence-corrected chi connectivity index (χ4v) is 2.11. The minimum atomic E-state index is -0.464. The summed E-state index contributed by atoms with van der Waals surface area (Å²) in [6, 6.07) is -0.237.